The lowest BCUT2D eigenvalue weighted by atomic mass is 9.90. The van der Waals surface area contributed by atoms with Crippen LogP contribution in [0.5, 0.6) is 0 Å². The Bertz CT molecular complexity index is 879. The monoisotopic (exact) mass is 336 g/mol. The van der Waals surface area contributed by atoms with Crippen molar-refractivity contribution in [2.45, 2.75) is 19.3 Å². The normalized spacial score (nSPS) is 15.6. The molecule has 0 saturated carbocycles. The van der Waals surface area contributed by atoms with Crippen LogP contribution in [0.2, 0.25) is 0 Å². The Labute approximate surface area is 146 Å². The van der Waals surface area contributed by atoms with Crippen molar-refractivity contribution in [3.8, 4) is 0 Å². The molecule has 0 spiro atoms. The molecule has 4 rings (SSSR count). The largest absolute Gasteiger partial charge is 0.350 e. The van der Waals surface area contributed by atoms with Gasteiger partial charge in [0.2, 0.25) is 0 Å². The van der Waals surface area contributed by atoms with Gasteiger partial charge in [-0.2, -0.15) is 0 Å². The summed E-state index contributed by atoms with van der Waals surface area (Å²) in [6.45, 7) is 1.56. The molecule has 0 unspecified atom stereocenters. The Morgan fingerprint density at radius 3 is 2.60 bits per heavy atom. The van der Waals surface area contributed by atoms with E-state index in [2.05, 4.69) is 29.2 Å². The molecule has 1 aliphatic rings. The van der Waals surface area contributed by atoms with Gasteiger partial charge in [0.05, 0.1) is 0 Å². The minimum Gasteiger partial charge on any atom is -0.350 e. The molecule has 1 amide bonds. The fourth-order valence-corrected chi connectivity index (χ4v) is 3.67. The maximum atomic E-state index is 13.3. The van der Waals surface area contributed by atoms with E-state index in [0.29, 0.717) is 17.1 Å². The Morgan fingerprint density at radius 2 is 1.84 bits per heavy atom. The number of aromatic amines is 1. The molecule has 25 heavy (non-hydrogen) atoms. The van der Waals surface area contributed by atoms with E-state index in [1.54, 1.807) is 6.07 Å². The SMILES string of the molecule is O=C(c1cc2ccc(F)cc2[nH]1)N1CCC(Cc2ccccc2)CC1. The van der Waals surface area contributed by atoms with Crippen LogP contribution in [0.15, 0.2) is 54.6 Å². The maximum Gasteiger partial charge on any atom is 0.270 e. The first-order chi connectivity index (χ1) is 12.2. The molecule has 3 aromatic rings. The molecule has 0 aliphatic carbocycles. The third-order valence-electron chi connectivity index (χ3n) is 5.08. The first kappa shape index (κ1) is 15.9. The Kier molecular flexibility index (Phi) is 4.26. The number of aromatic nitrogens is 1. The highest BCUT2D eigenvalue weighted by Crippen LogP contribution is 2.24. The van der Waals surface area contributed by atoms with Gasteiger partial charge in [0.1, 0.15) is 11.5 Å². The molecule has 1 aromatic heterocycles. The number of fused-ring (bicyclic) bond motifs is 1. The number of piperidine rings is 1. The Morgan fingerprint density at radius 1 is 1.08 bits per heavy atom. The minimum atomic E-state index is -0.296. The molecule has 4 heteroatoms. The summed E-state index contributed by atoms with van der Waals surface area (Å²) in [5, 5.41) is 0.865. The highest BCUT2D eigenvalue weighted by atomic mass is 19.1. The number of H-pyrrole nitrogens is 1. The van der Waals surface area contributed by atoms with Gasteiger partial charge >= 0.3 is 0 Å². The summed E-state index contributed by atoms with van der Waals surface area (Å²) in [6, 6.07) is 16.9. The molecule has 1 saturated heterocycles. The molecular weight excluding hydrogens is 315 g/mol. The molecule has 2 heterocycles. The van der Waals surface area contributed by atoms with Gasteiger partial charge in [-0.3, -0.25) is 4.79 Å². The molecule has 0 bridgehead atoms. The van der Waals surface area contributed by atoms with Crippen molar-refractivity contribution in [1.29, 1.82) is 0 Å². The van der Waals surface area contributed by atoms with Crippen molar-refractivity contribution in [2.75, 3.05) is 13.1 Å². The smallest absolute Gasteiger partial charge is 0.270 e. The maximum absolute atomic E-state index is 13.3. The van der Waals surface area contributed by atoms with Crippen LogP contribution in [0.4, 0.5) is 4.39 Å². The second-order valence-corrected chi connectivity index (χ2v) is 6.84. The van der Waals surface area contributed by atoms with E-state index >= 15 is 0 Å². The lowest BCUT2D eigenvalue weighted by Gasteiger charge is -2.31. The lowest BCUT2D eigenvalue weighted by Crippen LogP contribution is -2.39. The van der Waals surface area contributed by atoms with Crippen molar-refractivity contribution in [3.63, 3.8) is 0 Å². The predicted molar refractivity (Wildman–Crippen MR) is 97.0 cm³/mol. The van der Waals surface area contributed by atoms with E-state index in [9.17, 15) is 9.18 Å². The molecule has 128 valence electrons. The summed E-state index contributed by atoms with van der Waals surface area (Å²) in [6.07, 6.45) is 3.12. The average molecular weight is 336 g/mol. The first-order valence-electron chi connectivity index (χ1n) is 8.80. The number of hydrogen-bond acceptors (Lipinski definition) is 1. The Balaban J connectivity index is 1.40. The number of nitrogens with one attached hydrogen (secondary N) is 1. The second kappa shape index (κ2) is 6.71. The van der Waals surface area contributed by atoms with Crippen LogP contribution in [0.3, 0.4) is 0 Å². The number of carbonyl (C=O) groups is 1. The summed E-state index contributed by atoms with van der Waals surface area (Å²) in [4.78, 5) is 17.7. The van der Waals surface area contributed by atoms with Crippen molar-refractivity contribution >= 4 is 16.8 Å². The Hall–Kier alpha value is -2.62. The van der Waals surface area contributed by atoms with Gasteiger partial charge in [-0.05, 0) is 55.0 Å². The molecule has 1 N–H and O–H groups in total. The number of carbonyl (C=O) groups excluding carboxylic acids is 1. The van der Waals surface area contributed by atoms with Crippen LogP contribution in [0.1, 0.15) is 28.9 Å². The molecule has 0 radical (unpaired) electrons. The van der Waals surface area contributed by atoms with Gasteiger partial charge in [0, 0.05) is 24.0 Å². The van der Waals surface area contributed by atoms with E-state index < -0.39 is 0 Å². The number of benzene rings is 2. The molecular formula is C21H21FN2O. The number of amides is 1. The fraction of sp³-hybridized carbons (Fsp3) is 0.286. The highest BCUT2D eigenvalue weighted by molar-refractivity contribution is 5.98. The molecule has 3 nitrogen and oxygen atoms in total. The molecule has 1 fully saturated rings. The molecule has 2 aromatic carbocycles. The summed E-state index contributed by atoms with van der Waals surface area (Å²) in [5.41, 5.74) is 2.58. The third-order valence-corrected chi connectivity index (χ3v) is 5.08. The van der Waals surface area contributed by atoms with Gasteiger partial charge in [-0.1, -0.05) is 30.3 Å². The third kappa shape index (κ3) is 3.43. The predicted octanol–water partition coefficient (Wildman–Crippen LogP) is 4.40. The zero-order chi connectivity index (χ0) is 17.2. The van der Waals surface area contributed by atoms with E-state index in [4.69, 9.17) is 0 Å². The summed E-state index contributed by atoms with van der Waals surface area (Å²) < 4.78 is 13.3. The van der Waals surface area contributed by atoms with Crippen molar-refractivity contribution in [2.24, 2.45) is 5.92 Å². The average Bonchev–Trinajstić information content (AvgIpc) is 3.06. The summed E-state index contributed by atoms with van der Waals surface area (Å²) >= 11 is 0. The van der Waals surface area contributed by atoms with Gasteiger partial charge in [0.15, 0.2) is 0 Å². The first-order valence-corrected chi connectivity index (χ1v) is 8.80. The summed E-state index contributed by atoms with van der Waals surface area (Å²) in [5.74, 6) is 0.341. The van der Waals surface area contributed by atoms with E-state index in [-0.39, 0.29) is 11.7 Å². The fourth-order valence-electron chi connectivity index (χ4n) is 3.67. The number of halogens is 1. The van der Waals surface area contributed by atoms with Gasteiger partial charge in [-0.15, -0.1) is 0 Å². The lowest BCUT2D eigenvalue weighted by molar-refractivity contribution is 0.0685. The van der Waals surface area contributed by atoms with Crippen LogP contribution < -0.4 is 0 Å². The van der Waals surface area contributed by atoms with Crippen LogP contribution in [-0.2, 0) is 6.42 Å². The van der Waals surface area contributed by atoms with E-state index in [1.165, 1.54) is 17.7 Å². The van der Waals surface area contributed by atoms with Crippen LogP contribution >= 0.6 is 0 Å². The van der Waals surface area contributed by atoms with Gasteiger partial charge < -0.3 is 9.88 Å². The highest BCUT2D eigenvalue weighted by Gasteiger charge is 2.24. The topological polar surface area (TPSA) is 36.1 Å². The van der Waals surface area contributed by atoms with E-state index in [0.717, 1.165) is 37.7 Å². The number of hydrogen-bond donors (Lipinski definition) is 1. The minimum absolute atomic E-state index is 0.00905. The summed E-state index contributed by atoms with van der Waals surface area (Å²) in [7, 11) is 0. The quantitative estimate of drug-likeness (QED) is 0.756. The standard InChI is InChI=1S/C21H21FN2O/c22-18-7-6-17-13-20(23-19(17)14-18)21(25)24-10-8-16(9-11-24)12-15-4-2-1-3-5-15/h1-7,13-14,16,23H,8-12H2. The van der Waals surface area contributed by atoms with E-state index in [1.807, 2.05) is 17.0 Å². The molecule has 0 atom stereocenters. The van der Waals surface area contributed by atoms with Crippen LogP contribution in [-0.4, -0.2) is 28.9 Å². The number of nitrogens with zero attached hydrogens (tertiary/aromatic N) is 1. The van der Waals surface area contributed by atoms with Crippen molar-refractivity contribution in [3.05, 3.63) is 71.7 Å². The van der Waals surface area contributed by atoms with Crippen molar-refractivity contribution < 1.29 is 9.18 Å². The van der Waals surface area contributed by atoms with Crippen LogP contribution in [0.25, 0.3) is 10.9 Å². The molecule has 1 aliphatic heterocycles. The van der Waals surface area contributed by atoms with Gasteiger partial charge in [-0.25, -0.2) is 4.39 Å². The zero-order valence-corrected chi connectivity index (χ0v) is 14.0. The second-order valence-electron chi connectivity index (χ2n) is 6.84. The van der Waals surface area contributed by atoms with Crippen LogP contribution in [0, 0.1) is 11.7 Å². The number of likely N-dealkylation sites (tertiary alicyclic amines) is 1. The van der Waals surface area contributed by atoms with Crippen molar-refractivity contribution in [1.82, 2.24) is 9.88 Å². The number of rotatable bonds is 3. The zero-order valence-electron chi connectivity index (χ0n) is 14.0. The van der Waals surface area contributed by atoms with Gasteiger partial charge in [0.25, 0.3) is 5.91 Å².